The first kappa shape index (κ1) is 11.8. The number of rotatable bonds is 4. The van der Waals surface area contributed by atoms with E-state index in [1.165, 1.54) is 0 Å². The summed E-state index contributed by atoms with van der Waals surface area (Å²) in [6.45, 7) is 3.50. The van der Waals surface area contributed by atoms with E-state index in [4.69, 9.17) is 5.73 Å². The molecular weight excluding hydrogens is 214 g/mol. The highest BCUT2D eigenvalue weighted by atomic mass is 32.2. The van der Waals surface area contributed by atoms with Crippen molar-refractivity contribution in [3.63, 3.8) is 0 Å². The van der Waals surface area contributed by atoms with Crippen molar-refractivity contribution >= 4 is 21.6 Å². The first-order valence-corrected chi connectivity index (χ1v) is 6.03. The molecule has 1 aromatic carbocycles. The predicted octanol–water partition coefficient (Wildman–Crippen LogP) is 0.923. The molecule has 0 aliphatic carbocycles. The van der Waals surface area contributed by atoms with Crippen LogP contribution in [0.2, 0.25) is 0 Å². The van der Waals surface area contributed by atoms with Crippen molar-refractivity contribution in [3.05, 3.63) is 24.3 Å². The number of benzene rings is 1. The van der Waals surface area contributed by atoms with Gasteiger partial charge in [-0.25, -0.2) is 0 Å². The van der Waals surface area contributed by atoms with Gasteiger partial charge in [0.15, 0.2) is 0 Å². The standard InChI is InChI=1S/C9H15N3O2S/c1-7(2)11-15(13,14)12-9-5-3-4-8(10)6-9/h3-7,11-12H,10H2,1-2H3. The molecule has 4 N–H and O–H groups in total. The van der Waals surface area contributed by atoms with Crippen LogP contribution in [0, 0.1) is 0 Å². The third-order valence-electron chi connectivity index (χ3n) is 1.53. The van der Waals surface area contributed by atoms with E-state index in [1.807, 2.05) is 0 Å². The third kappa shape index (κ3) is 4.18. The van der Waals surface area contributed by atoms with E-state index >= 15 is 0 Å². The molecule has 1 rings (SSSR count). The Morgan fingerprint density at radius 2 is 2.00 bits per heavy atom. The summed E-state index contributed by atoms with van der Waals surface area (Å²) in [7, 11) is -3.51. The summed E-state index contributed by atoms with van der Waals surface area (Å²) >= 11 is 0. The molecule has 0 aliphatic rings. The highest BCUT2D eigenvalue weighted by Gasteiger charge is 2.10. The maximum Gasteiger partial charge on any atom is 0.299 e. The van der Waals surface area contributed by atoms with Gasteiger partial charge in [0.2, 0.25) is 0 Å². The second-order valence-electron chi connectivity index (χ2n) is 3.50. The molecule has 0 amide bonds. The van der Waals surface area contributed by atoms with Gasteiger partial charge in [0, 0.05) is 11.7 Å². The first-order chi connectivity index (χ1) is 6.89. The van der Waals surface area contributed by atoms with Crippen LogP contribution in [0.25, 0.3) is 0 Å². The fourth-order valence-corrected chi connectivity index (χ4v) is 2.21. The Morgan fingerprint density at radius 3 is 2.53 bits per heavy atom. The van der Waals surface area contributed by atoms with Crippen molar-refractivity contribution in [1.82, 2.24) is 4.72 Å². The van der Waals surface area contributed by atoms with Crippen LogP contribution in [0.15, 0.2) is 24.3 Å². The Balaban J connectivity index is 2.78. The topological polar surface area (TPSA) is 84.2 Å². The molecule has 0 aliphatic heterocycles. The Hall–Kier alpha value is -1.27. The van der Waals surface area contributed by atoms with Crippen molar-refractivity contribution in [1.29, 1.82) is 0 Å². The van der Waals surface area contributed by atoms with Gasteiger partial charge in [-0.2, -0.15) is 13.1 Å². The minimum atomic E-state index is -3.51. The number of nitrogens with two attached hydrogens (primary N) is 1. The lowest BCUT2D eigenvalue weighted by Crippen LogP contribution is -2.35. The molecule has 0 fully saturated rings. The highest BCUT2D eigenvalue weighted by Crippen LogP contribution is 2.12. The number of nitrogen functional groups attached to an aromatic ring is 1. The number of nitrogens with one attached hydrogen (secondary N) is 2. The van der Waals surface area contributed by atoms with E-state index in [2.05, 4.69) is 9.44 Å². The van der Waals surface area contributed by atoms with Gasteiger partial charge in [-0.3, -0.25) is 4.72 Å². The first-order valence-electron chi connectivity index (χ1n) is 4.54. The maximum absolute atomic E-state index is 11.5. The number of hydrogen-bond donors (Lipinski definition) is 3. The molecule has 1 aromatic rings. The summed E-state index contributed by atoms with van der Waals surface area (Å²) in [6.07, 6.45) is 0. The van der Waals surface area contributed by atoms with Crippen LogP contribution in [0.4, 0.5) is 11.4 Å². The second-order valence-corrected chi connectivity index (χ2v) is 4.95. The van der Waals surface area contributed by atoms with E-state index in [0.29, 0.717) is 11.4 Å². The molecule has 0 radical (unpaired) electrons. The number of hydrogen-bond acceptors (Lipinski definition) is 3. The van der Waals surface area contributed by atoms with E-state index in [1.54, 1.807) is 38.1 Å². The zero-order valence-electron chi connectivity index (χ0n) is 8.69. The minimum absolute atomic E-state index is 0.149. The highest BCUT2D eigenvalue weighted by molar-refractivity contribution is 7.90. The van der Waals surface area contributed by atoms with Crippen LogP contribution in [0.5, 0.6) is 0 Å². The molecular formula is C9H15N3O2S. The Bertz CT molecular complexity index is 429. The minimum Gasteiger partial charge on any atom is -0.399 e. The molecule has 6 heteroatoms. The average Bonchev–Trinajstić information content (AvgIpc) is 1.99. The zero-order valence-corrected chi connectivity index (χ0v) is 9.51. The van der Waals surface area contributed by atoms with Crippen molar-refractivity contribution in [2.24, 2.45) is 0 Å². The van der Waals surface area contributed by atoms with Gasteiger partial charge >= 0.3 is 0 Å². The van der Waals surface area contributed by atoms with Gasteiger partial charge < -0.3 is 5.73 Å². The fourth-order valence-electron chi connectivity index (χ4n) is 1.10. The quantitative estimate of drug-likeness (QED) is 0.671. The fraction of sp³-hybridized carbons (Fsp3) is 0.333. The van der Waals surface area contributed by atoms with Crippen molar-refractivity contribution in [2.75, 3.05) is 10.5 Å². The maximum atomic E-state index is 11.5. The number of anilines is 2. The van der Waals surface area contributed by atoms with Crippen molar-refractivity contribution < 1.29 is 8.42 Å². The van der Waals surface area contributed by atoms with Gasteiger partial charge in [-0.05, 0) is 32.0 Å². The average molecular weight is 229 g/mol. The molecule has 0 heterocycles. The summed E-state index contributed by atoms with van der Waals surface area (Å²) in [4.78, 5) is 0. The summed E-state index contributed by atoms with van der Waals surface area (Å²) in [6, 6.07) is 6.41. The van der Waals surface area contributed by atoms with Gasteiger partial charge in [0.25, 0.3) is 10.2 Å². The smallest absolute Gasteiger partial charge is 0.299 e. The Kier molecular flexibility index (Phi) is 3.54. The lowest BCUT2D eigenvalue weighted by atomic mass is 10.3. The predicted molar refractivity (Wildman–Crippen MR) is 61.7 cm³/mol. The van der Waals surface area contributed by atoms with Crippen molar-refractivity contribution in [3.8, 4) is 0 Å². The molecule has 0 bridgehead atoms. The molecule has 0 saturated heterocycles. The lowest BCUT2D eigenvalue weighted by molar-refractivity contribution is 0.575. The zero-order chi connectivity index (χ0) is 11.5. The van der Waals surface area contributed by atoms with Gasteiger partial charge in [-0.1, -0.05) is 6.07 Å². The molecule has 15 heavy (non-hydrogen) atoms. The SMILES string of the molecule is CC(C)NS(=O)(=O)Nc1cccc(N)c1. The Morgan fingerprint density at radius 1 is 1.33 bits per heavy atom. The van der Waals surface area contributed by atoms with Crippen LogP contribution >= 0.6 is 0 Å². The summed E-state index contributed by atoms with van der Waals surface area (Å²) in [5, 5.41) is 0. The largest absolute Gasteiger partial charge is 0.399 e. The van der Waals surface area contributed by atoms with E-state index in [-0.39, 0.29) is 6.04 Å². The van der Waals surface area contributed by atoms with Gasteiger partial charge in [-0.15, -0.1) is 0 Å². The normalized spacial score (nSPS) is 11.7. The van der Waals surface area contributed by atoms with E-state index in [0.717, 1.165) is 0 Å². The molecule has 5 nitrogen and oxygen atoms in total. The molecule has 0 aromatic heterocycles. The van der Waals surface area contributed by atoms with Gasteiger partial charge in [0.05, 0.1) is 5.69 Å². The van der Waals surface area contributed by atoms with Crippen LogP contribution in [0.3, 0.4) is 0 Å². The monoisotopic (exact) mass is 229 g/mol. The van der Waals surface area contributed by atoms with Crippen LogP contribution in [-0.2, 0) is 10.2 Å². The summed E-state index contributed by atoms with van der Waals surface area (Å²) in [5.74, 6) is 0. The third-order valence-corrected chi connectivity index (χ3v) is 2.82. The van der Waals surface area contributed by atoms with Crippen LogP contribution in [0.1, 0.15) is 13.8 Å². The Labute approximate surface area is 89.9 Å². The lowest BCUT2D eigenvalue weighted by Gasteiger charge is -2.11. The molecule has 0 atom stereocenters. The summed E-state index contributed by atoms with van der Waals surface area (Å²) < 4.78 is 27.7. The summed E-state index contributed by atoms with van der Waals surface area (Å²) in [5.41, 5.74) is 6.48. The van der Waals surface area contributed by atoms with E-state index in [9.17, 15) is 8.42 Å². The van der Waals surface area contributed by atoms with E-state index < -0.39 is 10.2 Å². The van der Waals surface area contributed by atoms with Crippen LogP contribution < -0.4 is 15.2 Å². The molecule has 0 unspecified atom stereocenters. The molecule has 84 valence electrons. The van der Waals surface area contributed by atoms with Crippen LogP contribution in [-0.4, -0.2) is 14.5 Å². The molecule has 0 saturated carbocycles. The second kappa shape index (κ2) is 4.50. The van der Waals surface area contributed by atoms with Crippen molar-refractivity contribution in [2.45, 2.75) is 19.9 Å². The van der Waals surface area contributed by atoms with Gasteiger partial charge in [0.1, 0.15) is 0 Å². The molecule has 0 spiro atoms.